The summed E-state index contributed by atoms with van der Waals surface area (Å²) < 4.78 is 19.2. The van der Waals surface area contributed by atoms with Crippen LogP contribution in [0.15, 0.2) is 18.2 Å². The van der Waals surface area contributed by atoms with E-state index in [-0.39, 0.29) is 17.3 Å². The van der Waals surface area contributed by atoms with Crippen molar-refractivity contribution in [3.05, 3.63) is 34.9 Å². The van der Waals surface area contributed by atoms with Crippen molar-refractivity contribution in [1.29, 1.82) is 0 Å². The fourth-order valence-corrected chi connectivity index (χ4v) is 6.97. The molecule has 1 aromatic carbocycles. The normalized spacial score (nSPS) is 46.6. The van der Waals surface area contributed by atoms with E-state index in [2.05, 4.69) is 65.8 Å². The van der Waals surface area contributed by atoms with Crippen molar-refractivity contribution in [3.8, 4) is 5.75 Å². The molecule has 29 heavy (non-hydrogen) atoms. The first-order valence-electron chi connectivity index (χ1n) is 11.0. The Kier molecular flexibility index (Phi) is 3.82. The second-order valence-electron chi connectivity index (χ2n) is 10.5. The van der Waals surface area contributed by atoms with E-state index in [1.807, 2.05) is 0 Å². The monoisotopic (exact) mass is 398 g/mol. The third-order valence-corrected chi connectivity index (χ3v) is 9.12. The van der Waals surface area contributed by atoms with Crippen LogP contribution in [0.2, 0.25) is 0 Å². The second-order valence-corrected chi connectivity index (χ2v) is 10.5. The number of aliphatic hydroxyl groups is 1. The quantitative estimate of drug-likeness (QED) is 0.751. The summed E-state index contributed by atoms with van der Waals surface area (Å²) >= 11 is 0. The number of hydrogen-bond donors (Lipinski definition) is 1. The molecule has 158 valence electrons. The highest BCUT2D eigenvalue weighted by atomic mass is 16.7. The molecule has 4 aliphatic rings. The standard InChI is InChI=1S/C25H34O4/c1-14-17-10-13-24-18(11-12-23(24,6)19(17)8-9-20(14)27-7)15(2)25(29-24)21(26)16(3)22(4,5)28-25/h8-10,13,15-16,18,21,26H,11-12H2,1-7H3/t15-,16-,18+,21+,23+,24-,25-/m0/s1. The molecule has 7 atom stereocenters. The molecule has 3 fully saturated rings. The van der Waals surface area contributed by atoms with Crippen molar-refractivity contribution < 1.29 is 19.3 Å². The van der Waals surface area contributed by atoms with Gasteiger partial charge in [-0.05, 0) is 56.4 Å². The Bertz CT molecular complexity index is 904. The van der Waals surface area contributed by atoms with Crippen molar-refractivity contribution in [2.75, 3.05) is 7.11 Å². The molecule has 0 unspecified atom stereocenters. The molecule has 4 heteroatoms. The highest BCUT2D eigenvalue weighted by molar-refractivity contribution is 5.69. The first kappa shape index (κ1) is 19.6. The zero-order chi connectivity index (χ0) is 21.0. The molecular weight excluding hydrogens is 364 g/mol. The minimum atomic E-state index is -0.946. The molecule has 0 amide bonds. The summed E-state index contributed by atoms with van der Waals surface area (Å²) in [4.78, 5) is 0. The summed E-state index contributed by atoms with van der Waals surface area (Å²) in [6.07, 6.45) is 5.99. The number of aliphatic hydroxyl groups excluding tert-OH is 1. The Morgan fingerprint density at radius 3 is 2.45 bits per heavy atom. The van der Waals surface area contributed by atoms with Crippen LogP contribution in [-0.4, -0.2) is 35.3 Å². The average Bonchev–Trinajstić information content (AvgIpc) is 3.16. The smallest absolute Gasteiger partial charge is 0.199 e. The molecule has 2 heterocycles. The van der Waals surface area contributed by atoms with Gasteiger partial charge in [-0.1, -0.05) is 39.0 Å². The molecule has 0 aromatic heterocycles. The summed E-state index contributed by atoms with van der Waals surface area (Å²) in [6.45, 7) is 12.9. The van der Waals surface area contributed by atoms with Gasteiger partial charge in [0.05, 0.1) is 12.7 Å². The van der Waals surface area contributed by atoms with E-state index in [1.165, 1.54) is 16.7 Å². The summed E-state index contributed by atoms with van der Waals surface area (Å²) in [7, 11) is 1.73. The lowest BCUT2D eigenvalue weighted by molar-refractivity contribution is -0.294. The number of ether oxygens (including phenoxy) is 3. The molecule has 2 aliphatic carbocycles. The number of rotatable bonds is 1. The molecule has 1 N–H and O–H groups in total. The SMILES string of the molecule is COc1ccc2c(c1C)C=C[C@]13O[C@@]4(OC(C)(C)[C@@H](C)[C@H]4O)[C@@H](C)[C@H]1CC[C@]23C. The Hall–Kier alpha value is -1.36. The lowest BCUT2D eigenvalue weighted by Gasteiger charge is -2.46. The molecule has 5 rings (SSSR count). The summed E-state index contributed by atoms with van der Waals surface area (Å²) in [5.41, 5.74) is 2.71. The van der Waals surface area contributed by atoms with Gasteiger partial charge in [0, 0.05) is 23.2 Å². The highest BCUT2D eigenvalue weighted by Gasteiger charge is 2.75. The van der Waals surface area contributed by atoms with Crippen LogP contribution in [0.3, 0.4) is 0 Å². The average molecular weight is 399 g/mol. The van der Waals surface area contributed by atoms with Crippen LogP contribution in [-0.2, 0) is 14.9 Å². The van der Waals surface area contributed by atoms with Crippen molar-refractivity contribution in [3.63, 3.8) is 0 Å². The maximum absolute atomic E-state index is 11.3. The summed E-state index contributed by atoms with van der Waals surface area (Å²) in [5.74, 6) is 0.422. The van der Waals surface area contributed by atoms with Gasteiger partial charge in [-0.2, -0.15) is 0 Å². The number of hydrogen-bond acceptors (Lipinski definition) is 4. The van der Waals surface area contributed by atoms with E-state index in [0.717, 1.165) is 18.6 Å². The molecule has 2 aliphatic heterocycles. The fourth-order valence-electron chi connectivity index (χ4n) is 6.97. The molecule has 2 spiro atoms. The number of benzene rings is 1. The molecular formula is C25H34O4. The Morgan fingerprint density at radius 2 is 1.83 bits per heavy atom. The van der Waals surface area contributed by atoms with E-state index in [1.54, 1.807) is 7.11 Å². The molecule has 0 bridgehead atoms. The largest absolute Gasteiger partial charge is 0.496 e. The highest BCUT2D eigenvalue weighted by Crippen LogP contribution is 2.69. The first-order valence-corrected chi connectivity index (χ1v) is 11.0. The van der Waals surface area contributed by atoms with Crippen LogP contribution in [0.4, 0.5) is 0 Å². The topological polar surface area (TPSA) is 47.9 Å². The van der Waals surface area contributed by atoms with Crippen molar-refractivity contribution in [2.24, 2.45) is 17.8 Å². The molecule has 1 saturated carbocycles. The maximum atomic E-state index is 11.3. The van der Waals surface area contributed by atoms with Crippen molar-refractivity contribution in [1.82, 2.24) is 0 Å². The predicted octanol–water partition coefficient (Wildman–Crippen LogP) is 4.61. The summed E-state index contributed by atoms with van der Waals surface area (Å²) in [6, 6.07) is 4.30. The minimum absolute atomic E-state index is 0.0118. The lowest BCUT2D eigenvalue weighted by Crippen LogP contribution is -2.53. The van der Waals surface area contributed by atoms with Gasteiger partial charge in [0.2, 0.25) is 0 Å². The van der Waals surface area contributed by atoms with Gasteiger partial charge in [0.15, 0.2) is 5.79 Å². The molecule has 2 saturated heterocycles. The van der Waals surface area contributed by atoms with Crippen molar-refractivity contribution >= 4 is 6.08 Å². The minimum Gasteiger partial charge on any atom is -0.496 e. The van der Waals surface area contributed by atoms with E-state index in [0.29, 0.717) is 5.92 Å². The van der Waals surface area contributed by atoms with Gasteiger partial charge in [-0.25, -0.2) is 0 Å². The van der Waals surface area contributed by atoms with E-state index in [4.69, 9.17) is 14.2 Å². The Morgan fingerprint density at radius 1 is 1.10 bits per heavy atom. The third-order valence-electron chi connectivity index (χ3n) is 9.12. The predicted molar refractivity (Wildman–Crippen MR) is 113 cm³/mol. The van der Waals surface area contributed by atoms with Gasteiger partial charge >= 0.3 is 0 Å². The van der Waals surface area contributed by atoms with E-state index >= 15 is 0 Å². The van der Waals surface area contributed by atoms with Gasteiger partial charge < -0.3 is 19.3 Å². The van der Waals surface area contributed by atoms with Crippen LogP contribution in [0.5, 0.6) is 5.75 Å². The Labute approximate surface area is 174 Å². The molecule has 4 nitrogen and oxygen atoms in total. The van der Waals surface area contributed by atoms with Crippen LogP contribution in [0.25, 0.3) is 6.08 Å². The number of fused-ring (bicyclic) bond motifs is 2. The van der Waals surface area contributed by atoms with Crippen LogP contribution in [0, 0.1) is 24.7 Å². The van der Waals surface area contributed by atoms with E-state index in [9.17, 15) is 5.11 Å². The van der Waals surface area contributed by atoms with Crippen LogP contribution in [0.1, 0.15) is 64.2 Å². The van der Waals surface area contributed by atoms with Gasteiger partial charge in [0.1, 0.15) is 17.5 Å². The molecule has 1 aromatic rings. The lowest BCUT2D eigenvalue weighted by atomic mass is 9.63. The first-order chi connectivity index (χ1) is 13.5. The fraction of sp³-hybridized carbons (Fsp3) is 0.680. The molecule has 0 radical (unpaired) electrons. The van der Waals surface area contributed by atoms with Crippen molar-refractivity contribution in [2.45, 2.75) is 82.9 Å². The maximum Gasteiger partial charge on any atom is 0.199 e. The number of methoxy groups -OCH3 is 1. The van der Waals surface area contributed by atoms with Crippen LogP contribution >= 0.6 is 0 Å². The zero-order valence-electron chi connectivity index (χ0n) is 18.7. The van der Waals surface area contributed by atoms with Gasteiger partial charge in [-0.15, -0.1) is 0 Å². The third kappa shape index (κ3) is 2.06. The van der Waals surface area contributed by atoms with Crippen LogP contribution < -0.4 is 4.74 Å². The second kappa shape index (κ2) is 5.66. The van der Waals surface area contributed by atoms with Gasteiger partial charge in [0.25, 0.3) is 0 Å². The Balaban J connectivity index is 1.66. The zero-order valence-corrected chi connectivity index (χ0v) is 18.7. The summed E-state index contributed by atoms with van der Waals surface area (Å²) in [5, 5.41) is 11.3. The van der Waals surface area contributed by atoms with Gasteiger partial charge in [-0.3, -0.25) is 0 Å². The van der Waals surface area contributed by atoms with E-state index < -0.39 is 23.1 Å².